The first-order valence-corrected chi connectivity index (χ1v) is 5.85. The number of benzene rings is 1. The molecule has 0 radical (unpaired) electrons. The standard InChI is InChI=1S/C12H18N6/c1-9-4-5-10(8-11(9)13)12-14-15-16-18(12)7-6-17(2)3/h4-5,8H,6-7,13H2,1-3H3. The smallest absolute Gasteiger partial charge is 0.182 e. The number of nitrogens with zero attached hydrogens (tertiary/aromatic N) is 5. The Morgan fingerprint density at radius 3 is 2.78 bits per heavy atom. The van der Waals surface area contributed by atoms with E-state index in [2.05, 4.69) is 20.4 Å². The van der Waals surface area contributed by atoms with E-state index in [0.717, 1.165) is 35.7 Å². The third-order valence-electron chi connectivity index (χ3n) is 2.83. The molecule has 2 rings (SSSR count). The number of nitrogen functional groups attached to an aromatic ring is 1. The fourth-order valence-corrected chi connectivity index (χ4v) is 1.64. The summed E-state index contributed by atoms with van der Waals surface area (Å²) in [5.74, 6) is 0.753. The third kappa shape index (κ3) is 2.65. The SMILES string of the molecule is Cc1ccc(-c2nnnn2CCN(C)C)cc1N. The number of aryl methyl sites for hydroxylation is 1. The molecule has 1 heterocycles. The van der Waals surface area contributed by atoms with Gasteiger partial charge in [-0.15, -0.1) is 5.10 Å². The first-order chi connectivity index (χ1) is 8.58. The Balaban J connectivity index is 2.27. The van der Waals surface area contributed by atoms with E-state index in [9.17, 15) is 0 Å². The lowest BCUT2D eigenvalue weighted by Crippen LogP contribution is -2.19. The van der Waals surface area contributed by atoms with Gasteiger partial charge in [0.05, 0.1) is 6.54 Å². The number of hydrogen-bond acceptors (Lipinski definition) is 5. The molecule has 6 nitrogen and oxygen atoms in total. The molecule has 0 amide bonds. The van der Waals surface area contributed by atoms with Gasteiger partial charge in [0.15, 0.2) is 5.82 Å². The molecule has 0 fully saturated rings. The highest BCUT2D eigenvalue weighted by molar-refractivity contribution is 5.63. The molecule has 2 aromatic rings. The molecule has 18 heavy (non-hydrogen) atoms. The van der Waals surface area contributed by atoms with E-state index >= 15 is 0 Å². The van der Waals surface area contributed by atoms with Gasteiger partial charge < -0.3 is 10.6 Å². The quantitative estimate of drug-likeness (QED) is 0.807. The molecular weight excluding hydrogens is 228 g/mol. The summed E-state index contributed by atoms with van der Waals surface area (Å²) in [5, 5.41) is 11.8. The van der Waals surface area contributed by atoms with Crippen LogP contribution in [0, 0.1) is 6.92 Å². The third-order valence-corrected chi connectivity index (χ3v) is 2.83. The molecule has 2 N–H and O–H groups in total. The van der Waals surface area contributed by atoms with Crippen LogP contribution in [0.15, 0.2) is 18.2 Å². The highest BCUT2D eigenvalue weighted by atomic mass is 15.5. The fourth-order valence-electron chi connectivity index (χ4n) is 1.64. The normalized spacial score (nSPS) is 11.1. The Morgan fingerprint density at radius 1 is 1.33 bits per heavy atom. The van der Waals surface area contributed by atoms with E-state index in [1.165, 1.54) is 0 Å². The molecular formula is C12H18N6. The Morgan fingerprint density at radius 2 is 2.11 bits per heavy atom. The van der Waals surface area contributed by atoms with Crippen LogP contribution in [0.2, 0.25) is 0 Å². The van der Waals surface area contributed by atoms with Crippen molar-refractivity contribution in [3.8, 4) is 11.4 Å². The minimum atomic E-state index is 0.753. The summed E-state index contributed by atoms with van der Waals surface area (Å²) in [4.78, 5) is 2.09. The number of aromatic nitrogens is 4. The predicted molar refractivity (Wildman–Crippen MR) is 71.0 cm³/mol. The lowest BCUT2D eigenvalue weighted by Gasteiger charge is -2.10. The topological polar surface area (TPSA) is 72.9 Å². The average Bonchev–Trinajstić information content (AvgIpc) is 2.78. The van der Waals surface area contributed by atoms with Gasteiger partial charge in [-0.25, -0.2) is 4.68 Å². The maximum absolute atomic E-state index is 5.91. The molecule has 0 aliphatic carbocycles. The number of tetrazole rings is 1. The summed E-state index contributed by atoms with van der Waals surface area (Å²) in [7, 11) is 4.04. The zero-order valence-electron chi connectivity index (χ0n) is 11.0. The van der Waals surface area contributed by atoms with Gasteiger partial charge in [0.1, 0.15) is 0 Å². The second-order valence-electron chi connectivity index (χ2n) is 4.60. The van der Waals surface area contributed by atoms with Crippen LogP contribution in [0.1, 0.15) is 5.56 Å². The van der Waals surface area contributed by atoms with Crippen LogP contribution < -0.4 is 5.73 Å². The maximum atomic E-state index is 5.91. The zero-order chi connectivity index (χ0) is 13.1. The lowest BCUT2D eigenvalue weighted by molar-refractivity contribution is 0.372. The van der Waals surface area contributed by atoms with Crippen LogP contribution >= 0.6 is 0 Å². The summed E-state index contributed by atoms with van der Waals surface area (Å²) in [6, 6.07) is 5.88. The molecule has 0 atom stereocenters. The maximum Gasteiger partial charge on any atom is 0.182 e. The number of likely N-dealkylation sites (N-methyl/N-ethyl adjacent to an activating group) is 1. The molecule has 0 bridgehead atoms. The number of hydrogen-bond donors (Lipinski definition) is 1. The van der Waals surface area contributed by atoms with Crippen LogP contribution in [0.5, 0.6) is 0 Å². The summed E-state index contributed by atoms with van der Waals surface area (Å²) in [6.07, 6.45) is 0. The van der Waals surface area contributed by atoms with Crippen LogP contribution in [0.3, 0.4) is 0 Å². The van der Waals surface area contributed by atoms with Crippen molar-refractivity contribution >= 4 is 5.69 Å². The van der Waals surface area contributed by atoms with Crippen LogP contribution in [-0.4, -0.2) is 45.7 Å². The van der Waals surface area contributed by atoms with Gasteiger partial charge in [-0.2, -0.15) is 0 Å². The lowest BCUT2D eigenvalue weighted by atomic mass is 10.1. The molecule has 1 aromatic heterocycles. The summed E-state index contributed by atoms with van der Waals surface area (Å²) < 4.78 is 1.80. The summed E-state index contributed by atoms with van der Waals surface area (Å²) >= 11 is 0. The summed E-state index contributed by atoms with van der Waals surface area (Å²) in [6.45, 7) is 3.62. The highest BCUT2D eigenvalue weighted by Crippen LogP contribution is 2.21. The predicted octanol–water partition coefficient (Wildman–Crippen LogP) is 0.792. The molecule has 6 heteroatoms. The van der Waals surface area contributed by atoms with Crippen LogP contribution in [0.25, 0.3) is 11.4 Å². The van der Waals surface area contributed by atoms with Gasteiger partial charge in [0, 0.05) is 17.8 Å². The average molecular weight is 246 g/mol. The van der Waals surface area contributed by atoms with Gasteiger partial charge in [0.25, 0.3) is 0 Å². The number of rotatable bonds is 4. The number of nitrogens with two attached hydrogens (primary N) is 1. The Kier molecular flexibility index (Phi) is 3.57. The first kappa shape index (κ1) is 12.5. The first-order valence-electron chi connectivity index (χ1n) is 5.85. The van der Waals surface area contributed by atoms with E-state index in [4.69, 9.17) is 5.73 Å². The van der Waals surface area contributed by atoms with Crippen LogP contribution in [-0.2, 0) is 6.54 Å². The molecule has 0 unspecified atom stereocenters. The largest absolute Gasteiger partial charge is 0.398 e. The Labute approximate surface area is 106 Å². The van der Waals surface area contributed by atoms with E-state index in [1.54, 1.807) is 4.68 Å². The van der Waals surface area contributed by atoms with Crippen molar-refractivity contribution in [1.82, 2.24) is 25.1 Å². The molecule has 96 valence electrons. The van der Waals surface area contributed by atoms with Crippen molar-refractivity contribution in [2.45, 2.75) is 13.5 Å². The minimum absolute atomic E-state index is 0.753. The summed E-state index contributed by atoms with van der Waals surface area (Å²) in [5.41, 5.74) is 8.68. The van der Waals surface area contributed by atoms with E-state index in [1.807, 2.05) is 39.2 Å². The highest BCUT2D eigenvalue weighted by Gasteiger charge is 2.09. The Bertz CT molecular complexity index is 531. The molecule has 0 spiro atoms. The van der Waals surface area contributed by atoms with E-state index in [-0.39, 0.29) is 0 Å². The van der Waals surface area contributed by atoms with Crippen molar-refractivity contribution in [1.29, 1.82) is 0 Å². The van der Waals surface area contributed by atoms with Gasteiger partial charge in [-0.05, 0) is 43.1 Å². The van der Waals surface area contributed by atoms with E-state index in [0.29, 0.717) is 0 Å². The fraction of sp³-hybridized carbons (Fsp3) is 0.417. The van der Waals surface area contributed by atoms with Gasteiger partial charge in [-0.1, -0.05) is 12.1 Å². The van der Waals surface area contributed by atoms with Gasteiger partial charge >= 0.3 is 0 Å². The van der Waals surface area contributed by atoms with Gasteiger partial charge in [-0.3, -0.25) is 0 Å². The molecule has 0 aliphatic rings. The number of anilines is 1. The molecule has 0 saturated carbocycles. The van der Waals surface area contributed by atoms with Crippen molar-refractivity contribution in [3.05, 3.63) is 23.8 Å². The monoisotopic (exact) mass is 246 g/mol. The van der Waals surface area contributed by atoms with Crippen molar-refractivity contribution in [2.24, 2.45) is 0 Å². The van der Waals surface area contributed by atoms with Crippen LogP contribution in [0.4, 0.5) is 5.69 Å². The second kappa shape index (κ2) is 5.14. The second-order valence-corrected chi connectivity index (χ2v) is 4.60. The van der Waals surface area contributed by atoms with Crippen molar-refractivity contribution < 1.29 is 0 Å². The zero-order valence-corrected chi connectivity index (χ0v) is 11.0. The Hall–Kier alpha value is -1.95. The minimum Gasteiger partial charge on any atom is -0.398 e. The molecule has 0 aliphatic heterocycles. The van der Waals surface area contributed by atoms with Gasteiger partial charge in [0.2, 0.25) is 0 Å². The molecule has 0 saturated heterocycles. The van der Waals surface area contributed by atoms with Crippen molar-refractivity contribution in [3.63, 3.8) is 0 Å². The molecule has 1 aromatic carbocycles. The van der Waals surface area contributed by atoms with E-state index < -0.39 is 0 Å². The van der Waals surface area contributed by atoms with Crippen molar-refractivity contribution in [2.75, 3.05) is 26.4 Å².